The van der Waals surface area contributed by atoms with Gasteiger partial charge in [0.05, 0.1) is 10.2 Å². The molecule has 104 valence electrons. The topological polar surface area (TPSA) is 24.9 Å². The SMILES string of the molecule is CCCCCCNCCSc1nc2ccccc2s1. The molecule has 0 radical (unpaired) electrons. The molecule has 0 aliphatic rings. The van der Waals surface area contributed by atoms with Crippen LogP contribution in [0.3, 0.4) is 0 Å². The average Bonchev–Trinajstić information content (AvgIpc) is 2.84. The van der Waals surface area contributed by atoms with Gasteiger partial charge in [0.25, 0.3) is 0 Å². The number of thioether (sulfide) groups is 1. The zero-order valence-corrected chi connectivity index (χ0v) is 13.2. The molecule has 0 amide bonds. The number of nitrogens with zero attached hydrogens (tertiary/aromatic N) is 1. The Balaban J connectivity index is 1.60. The van der Waals surface area contributed by atoms with E-state index in [-0.39, 0.29) is 0 Å². The molecule has 1 aromatic carbocycles. The third-order valence-corrected chi connectivity index (χ3v) is 5.17. The summed E-state index contributed by atoms with van der Waals surface area (Å²) in [6.45, 7) is 4.48. The Morgan fingerprint density at radius 1 is 1.16 bits per heavy atom. The lowest BCUT2D eigenvalue weighted by molar-refractivity contribution is 0.613. The van der Waals surface area contributed by atoms with Crippen LogP contribution in [-0.4, -0.2) is 23.8 Å². The van der Waals surface area contributed by atoms with Crippen molar-refractivity contribution in [1.82, 2.24) is 10.3 Å². The largest absolute Gasteiger partial charge is 0.316 e. The first-order valence-corrected chi connectivity index (χ1v) is 8.89. The van der Waals surface area contributed by atoms with E-state index >= 15 is 0 Å². The molecule has 4 heteroatoms. The molecule has 0 atom stereocenters. The minimum absolute atomic E-state index is 1.08. The smallest absolute Gasteiger partial charge is 0.151 e. The number of fused-ring (bicyclic) bond motifs is 1. The summed E-state index contributed by atoms with van der Waals surface area (Å²) in [5, 5.41) is 3.50. The van der Waals surface area contributed by atoms with Crippen molar-refractivity contribution in [3.63, 3.8) is 0 Å². The minimum Gasteiger partial charge on any atom is -0.316 e. The van der Waals surface area contributed by atoms with Gasteiger partial charge in [0.15, 0.2) is 4.34 Å². The van der Waals surface area contributed by atoms with Crippen molar-refractivity contribution in [2.45, 2.75) is 36.9 Å². The van der Waals surface area contributed by atoms with Crippen molar-refractivity contribution in [3.8, 4) is 0 Å². The van der Waals surface area contributed by atoms with E-state index in [0.717, 1.165) is 24.4 Å². The third-order valence-electron chi connectivity index (χ3n) is 2.99. The Bertz CT molecular complexity index is 449. The lowest BCUT2D eigenvalue weighted by Gasteiger charge is -2.02. The molecule has 1 heterocycles. The maximum absolute atomic E-state index is 4.62. The lowest BCUT2D eigenvalue weighted by Crippen LogP contribution is -2.18. The Kier molecular flexibility index (Phi) is 6.68. The first-order valence-electron chi connectivity index (χ1n) is 7.09. The fraction of sp³-hybridized carbons (Fsp3) is 0.533. The monoisotopic (exact) mass is 294 g/mol. The Hall–Kier alpha value is -0.580. The van der Waals surface area contributed by atoms with Crippen molar-refractivity contribution >= 4 is 33.3 Å². The van der Waals surface area contributed by atoms with Crippen molar-refractivity contribution in [2.75, 3.05) is 18.8 Å². The van der Waals surface area contributed by atoms with Crippen molar-refractivity contribution < 1.29 is 0 Å². The highest BCUT2D eigenvalue weighted by molar-refractivity contribution is 8.01. The standard InChI is InChI=1S/C15H22N2S2/c1-2-3-4-7-10-16-11-12-18-15-17-13-8-5-6-9-14(13)19-15/h5-6,8-9,16H,2-4,7,10-12H2,1H3. The van der Waals surface area contributed by atoms with Crippen LogP contribution in [0, 0.1) is 0 Å². The van der Waals surface area contributed by atoms with E-state index in [2.05, 4.69) is 35.4 Å². The van der Waals surface area contributed by atoms with Gasteiger partial charge < -0.3 is 5.32 Å². The summed E-state index contributed by atoms with van der Waals surface area (Å²) < 4.78 is 2.48. The Morgan fingerprint density at radius 2 is 2.05 bits per heavy atom. The van der Waals surface area contributed by atoms with Crippen LogP contribution >= 0.6 is 23.1 Å². The molecule has 2 nitrogen and oxygen atoms in total. The van der Waals surface area contributed by atoms with Gasteiger partial charge in [-0.3, -0.25) is 0 Å². The number of hydrogen-bond donors (Lipinski definition) is 1. The Morgan fingerprint density at radius 3 is 2.89 bits per heavy atom. The van der Waals surface area contributed by atoms with E-state index in [1.807, 2.05) is 17.8 Å². The van der Waals surface area contributed by atoms with Crippen LogP contribution < -0.4 is 5.32 Å². The highest BCUT2D eigenvalue weighted by atomic mass is 32.2. The van der Waals surface area contributed by atoms with Crippen molar-refractivity contribution in [2.24, 2.45) is 0 Å². The molecular formula is C15H22N2S2. The molecule has 0 aliphatic heterocycles. The summed E-state index contributed by atoms with van der Waals surface area (Å²) >= 11 is 3.66. The second-order valence-electron chi connectivity index (χ2n) is 4.61. The predicted octanol–water partition coefficient (Wildman–Crippen LogP) is 4.56. The number of rotatable bonds is 9. The molecule has 0 saturated carbocycles. The van der Waals surface area contributed by atoms with Crippen LogP contribution in [0.5, 0.6) is 0 Å². The summed E-state index contributed by atoms with van der Waals surface area (Å²) in [7, 11) is 0. The first kappa shape index (κ1) is 14.8. The van der Waals surface area contributed by atoms with Crippen LogP contribution in [0.25, 0.3) is 10.2 Å². The van der Waals surface area contributed by atoms with Gasteiger partial charge in [0.1, 0.15) is 0 Å². The van der Waals surface area contributed by atoms with E-state index in [0.29, 0.717) is 0 Å². The molecule has 1 aromatic heterocycles. The van der Waals surface area contributed by atoms with Crippen LogP contribution in [0.2, 0.25) is 0 Å². The van der Waals surface area contributed by atoms with E-state index in [1.165, 1.54) is 34.7 Å². The molecular weight excluding hydrogens is 272 g/mol. The summed E-state index contributed by atoms with van der Waals surface area (Å²) in [5.74, 6) is 1.10. The molecule has 0 saturated heterocycles. The number of hydrogen-bond acceptors (Lipinski definition) is 4. The van der Waals surface area contributed by atoms with Gasteiger partial charge in [0.2, 0.25) is 0 Å². The van der Waals surface area contributed by atoms with Gasteiger partial charge in [-0.1, -0.05) is 50.1 Å². The number of benzene rings is 1. The van der Waals surface area contributed by atoms with E-state index < -0.39 is 0 Å². The lowest BCUT2D eigenvalue weighted by atomic mass is 10.2. The normalized spacial score (nSPS) is 11.2. The number of nitrogens with one attached hydrogen (secondary N) is 1. The fourth-order valence-corrected chi connectivity index (χ4v) is 3.96. The van der Waals surface area contributed by atoms with Crippen LogP contribution in [0.15, 0.2) is 28.6 Å². The Labute approximate surface area is 124 Å². The third kappa shape index (κ3) is 5.13. The predicted molar refractivity (Wildman–Crippen MR) is 87.4 cm³/mol. The summed E-state index contributed by atoms with van der Waals surface area (Å²) in [4.78, 5) is 4.62. The maximum atomic E-state index is 4.62. The molecule has 0 aliphatic carbocycles. The second-order valence-corrected chi connectivity index (χ2v) is 6.98. The molecule has 2 rings (SSSR count). The number of aromatic nitrogens is 1. The zero-order valence-electron chi connectivity index (χ0n) is 11.5. The molecule has 19 heavy (non-hydrogen) atoms. The number of thiazole rings is 1. The van der Waals surface area contributed by atoms with Gasteiger partial charge in [0, 0.05) is 12.3 Å². The summed E-state index contributed by atoms with van der Waals surface area (Å²) in [5.41, 5.74) is 1.13. The van der Waals surface area contributed by atoms with Gasteiger partial charge in [-0.05, 0) is 25.1 Å². The molecule has 1 N–H and O–H groups in total. The van der Waals surface area contributed by atoms with Crippen molar-refractivity contribution in [3.05, 3.63) is 24.3 Å². The van der Waals surface area contributed by atoms with Gasteiger partial charge in [-0.25, -0.2) is 4.98 Å². The van der Waals surface area contributed by atoms with Gasteiger partial charge >= 0.3 is 0 Å². The fourth-order valence-electron chi connectivity index (χ4n) is 1.93. The van der Waals surface area contributed by atoms with E-state index in [1.54, 1.807) is 11.3 Å². The van der Waals surface area contributed by atoms with Crippen molar-refractivity contribution in [1.29, 1.82) is 0 Å². The van der Waals surface area contributed by atoms with Gasteiger partial charge in [-0.2, -0.15) is 0 Å². The molecule has 0 bridgehead atoms. The minimum atomic E-state index is 1.08. The first-order chi connectivity index (χ1) is 9.40. The molecule has 0 spiro atoms. The summed E-state index contributed by atoms with van der Waals surface area (Å²) in [6.07, 6.45) is 5.34. The van der Waals surface area contributed by atoms with E-state index in [4.69, 9.17) is 0 Å². The zero-order chi connectivity index (χ0) is 13.3. The van der Waals surface area contributed by atoms with Gasteiger partial charge in [-0.15, -0.1) is 11.3 Å². The number of unbranched alkanes of at least 4 members (excludes halogenated alkanes) is 3. The van der Waals surface area contributed by atoms with E-state index in [9.17, 15) is 0 Å². The quantitative estimate of drug-likeness (QED) is 0.542. The molecule has 0 unspecified atom stereocenters. The second kappa shape index (κ2) is 8.56. The van der Waals surface area contributed by atoms with Crippen LogP contribution in [-0.2, 0) is 0 Å². The maximum Gasteiger partial charge on any atom is 0.151 e. The highest BCUT2D eigenvalue weighted by Gasteiger charge is 2.02. The molecule has 2 aromatic rings. The summed E-state index contributed by atoms with van der Waals surface area (Å²) in [6, 6.07) is 8.35. The average molecular weight is 294 g/mol. The van der Waals surface area contributed by atoms with Crippen LogP contribution in [0.1, 0.15) is 32.6 Å². The molecule has 0 fully saturated rings. The number of para-hydroxylation sites is 1. The highest BCUT2D eigenvalue weighted by Crippen LogP contribution is 2.28. The van der Waals surface area contributed by atoms with Crippen LogP contribution in [0.4, 0.5) is 0 Å².